The molecule has 3 nitrogen and oxygen atoms in total. The zero-order valence-electron chi connectivity index (χ0n) is 12.2. The summed E-state index contributed by atoms with van der Waals surface area (Å²) in [6.45, 7) is 1.45. The van der Waals surface area contributed by atoms with Gasteiger partial charge in [0.1, 0.15) is 5.75 Å². The standard InChI is InChI=1S/C17H22BrNO2/c18-13-7-5-12(6-8-13)11-19-17(20)15-9-10-21-16-4-2-1-3-14(15)16/h1-4,12-13,15H,5-11H2,(H,19,20). The molecule has 1 fully saturated rings. The van der Waals surface area contributed by atoms with Crippen LogP contribution in [0.4, 0.5) is 0 Å². The third kappa shape index (κ3) is 3.60. The van der Waals surface area contributed by atoms with Crippen LogP contribution in [0, 0.1) is 5.92 Å². The summed E-state index contributed by atoms with van der Waals surface area (Å²) in [5.41, 5.74) is 1.03. The topological polar surface area (TPSA) is 38.3 Å². The lowest BCUT2D eigenvalue weighted by molar-refractivity contribution is -0.123. The molecule has 0 spiro atoms. The van der Waals surface area contributed by atoms with Crippen LogP contribution in [-0.2, 0) is 4.79 Å². The van der Waals surface area contributed by atoms with Crippen molar-refractivity contribution in [1.82, 2.24) is 5.32 Å². The molecule has 1 aromatic carbocycles. The van der Waals surface area contributed by atoms with Crippen LogP contribution in [0.3, 0.4) is 0 Å². The molecule has 0 saturated heterocycles. The van der Waals surface area contributed by atoms with Crippen LogP contribution >= 0.6 is 15.9 Å². The summed E-state index contributed by atoms with van der Waals surface area (Å²) in [5, 5.41) is 3.17. The summed E-state index contributed by atoms with van der Waals surface area (Å²) in [4.78, 5) is 13.2. The van der Waals surface area contributed by atoms with E-state index in [0.29, 0.717) is 17.4 Å². The number of halogens is 1. The third-order valence-corrected chi connectivity index (χ3v) is 5.53. The quantitative estimate of drug-likeness (QED) is 0.844. The first-order chi connectivity index (χ1) is 10.2. The zero-order chi connectivity index (χ0) is 14.7. The second-order valence-corrected chi connectivity index (χ2v) is 7.39. The SMILES string of the molecule is O=C(NCC1CCC(Br)CC1)C1CCOc2ccccc21. The Kier molecular flexibility index (Phi) is 4.84. The van der Waals surface area contributed by atoms with Crippen molar-refractivity contribution < 1.29 is 9.53 Å². The molecule has 1 amide bonds. The van der Waals surface area contributed by atoms with Crippen molar-refractivity contribution in [3.8, 4) is 5.75 Å². The van der Waals surface area contributed by atoms with Crippen LogP contribution in [0.15, 0.2) is 24.3 Å². The average Bonchev–Trinajstić information content (AvgIpc) is 2.53. The molecule has 4 heteroatoms. The van der Waals surface area contributed by atoms with Crippen molar-refractivity contribution in [1.29, 1.82) is 0 Å². The number of benzene rings is 1. The Morgan fingerprint density at radius 1 is 1.19 bits per heavy atom. The highest BCUT2D eigenvalue weighted by molar-refractivity contribution is 9.09. The van der Waals surface area contributed by atoms with E-state index in [1.54, 1.807) is 0 Å². The third-order valence-electron chi connectivity index (χ3n) is 4.62. The number of rotatable bonds is 3. The second kappa shape index (κ2) is 6.82. The first kappa shape index (κ1) is 14.9. The smallest absolute Gasteiger partial charge is 0.227 e. The number of amides is 1. The van der Waals surface area contributed by atoms with E-state index in [-0.39, 0.29) is 11.8 Å². The molecule has 1 atom stereocenters. The van der Waals surface area contributed by atoms with Gasteiger partial charge < -0.3 is 10.1 Å². The maximum absolute atomic E-state index is 12.5. The number of ether oxygens (including phenoxy) is 1. The lowest BCUT2D eigenvalue weighted by Gasteiger charge is -2.28. The predicted molar refractivity (Wildman–Crippen MR) is 87.0 cm³/mol. The van der Waals surface area contributed by atoms with E-state index in [2.05, 4.69) is 21.2 Å². The van der Waals surface area contributed by atoms with Gasteiger partial charge in [0, 0.05) is 16.9 Å². The first-order valence-electron chi connectivity index (χ1n) is 7.87. The summed E-state index contributed by atoms with van der Waals surface area (Å²) >= 11 is 3.68. The molecule has 1 unspecified atom stereocenters. The zero-order valence-corrected chi connectivity index (χ0v) is 13.8. The van der Waals surface area contributed by atoms with Gasteiger partial charge in [-0.25, -0.2) is 0 Å². The molecular weight excluding hydrogens is 330 g/mol. The Hall–Kier alpha value is -1.03. The Bertz CT molecular complexity index is 497. The molecule has 1 aliphatic carbocycles. The summed E-state index contributed by atoms with van der Waals surface area (Å²) < 4.78 is 5.62. The Morgan fingerprint density at radius 3 is 2.76 bits per heavy atom. The fourth-order valence-corrected chi connectivity index (χ4v) is 3.84. The Morgan fingerprint density at radius 2 is 1.95 bits per heavy atom. The summed E-state index contributed by atoms with van der Waals surface area (Å²) in [6.07, 6.45) is 5.64. The molecule has 1 aliphatic heterocycles. The largest absolute Gasteiger partial charge is 0.493 e. The van der Waals surface area contributed by atoms with E-state index in [1.807, 2.05) is 24.3 Å². The highest BCUT2D eigenvalue weighted by Gasteiger charge is 2.28. The summed E-state index contributed by atoms with van der Waals surface area (Å²) in [7, 11) is 0. The number of hydrogen-bond donors (Lipinski definition) is 1. The molecule has 1 saturated carbocycles. The van der Waals surface area contributed by atoms with Gasteiger partial charge in [-0.15, -0.1) is 0 Å². The van der Waals surface area contributed by atoms with Gasteiger partial charge in [-0.2, -0.15) is 0 Å². The number of carbonyl (C=O) groups is 1. The highest BCUT2D eigenvalue weighted by atomic mass is 79.9. The maximum Gasteiger partial charge on any atom is 0.227 e. The fraction of sp³-hybridized carbons (Fsp3) is 0.588. The van der Waals surface area contributed by atoms with Gasteiger partial charge in [-0.1, -0.05) is 34.1 Å². The molecule has 1 N–H and O–H groups in total. The van der Waals surface area contributed by atoms with Crippen molar-refractivity contribution in [2.75, 3.05) is 13.2 Å². The van der Waals surface area contributed by atoms with Gasteiger partial charge >= 0.3 is 0 Å². The number of hydrogen-bond acceptors (Lipinski definition) is 2. The van der Waals surface area contributed by atoms with E-state index in [9.17, 15) is 4.79 Å². The molecule has 2 aliphatic rings. The van der Waals surface area contributed by atoms with Crippen molar-refractivity contribution in [2.45, 2.75) is 42.8 Å². The normalized spacial score (nSPS) is 28.3. The monoisotopic (exact) mass is 351 g/mol. The first-order valence-corrected chi connectivity index (χ1v) is 8.79. The van der Waals surface area contributed by atoms with Crippen LogP contribution in [0.1, 0.15) is 43.6 Å². The van der Waals surface area contributed by atoms with Crippen LogP contribution in [0.2, 0.25) is 0 Å². The van der Waals surface area contributed by atoms with Crippen molar-refractivity contribution in [2.24, 2.45) is 5.92 Å². The summed E-state index contributed by atoms with van der Waals surface area (Å²) in [6, 6.07) is 7.89. The van der Waals surface area contributed by atoms with E-state index >= 15 is 0 Å². The van der Waals surface area contributed by atoms with Crippen molar-refractivity contribution in [3.05, 3.63) is 29.8 Å². The van der Waals surface area contributed by atoms with Gasteiger partial charge in [0.05, 0.1) is 12.5 Å². The number of fused-ring (bicyclic) bond motifs is 1. The second-order valence-electron chi connectivity index (χ2n) is 6.09. The molecule has 1 heterocycles. The highest BCUT2D eigenvalue weighted by Crippen LogP contribution is 2.33. The van der Waals surface area contributed by atoms with E-state index in [4.69, 9.17) is 4.74 Å². The molecule has 0 bridgehead atoms. The number of carbonyl (C=O) groups excluding carboxylic acids is 1. The van der Waals surface area contributed by atoms with Gasteiger partial charge in [0.15, 0.2) is 0 Å². The minimum atomic E-state index is -0.0533. The number of para-hydroxylation sites is 1. The van der Waals surface area contributed by atoms with Gasteiger partial charge in [0.2, 0.25) is 5.91 Å². The van der Waals surface area contributed by atoms with Gasteiger partial charge in [-0.05, 0) is 44.1 Å². The minimum absolute atomic E-state index is 0.0533. The van der Waals surface area contributed by atoms with Crippen LogP contribution in [0.25, 0.3) is 0 Å². The molecular formula is C17H22BrNO2. The molecule has 21 heavy (non-hydrogen) atoms. The number of alkyl halides is 1. The van der Waals surface area contributed by atoms with Crippen LogP contribution in [-0.4, -0.2) is 23.9 Å². The Labute approximate surface area is 134 Å². The van der Waals surface area contributed by atoms with E-state index in [1.165, 1.54) is 25.7 Å². The maximum atomic E-state index is 12.5. The molecule has 1 aromatic rings. The Balaban J connectivity index is 1.57. The van der Waals surface area contributed by atoms with Gasteiger partial charge in [0.25, 0.3) is 0 Å². The molecule has 0 radical (unpaired) electrons. The minimum Gasteiger partial charge on any atom is -0.493 e. The predicted octanol–water partition coefficient (Wildman–Crippen LogP) is 3.62. The lowest BCUT2D eigenvalue weighted by atomic mass is 9.88. The van der Waals surface area contributed by atoms with Crippen LogP contribution in [0.5, 0.6) is 5.75 Å². The van der Waals surface area contributed by atoms with Crippen molar-refractivity contribution >= 4 is 21.8 Å². The van der Waals surface area contributed by atoms with E-state index in [0.717, 1.165) is 24.3 Å². The molecule has 3 rings (SSSR count). The molecule has 0 aromatic heterocycles. The van der Waals surface area contributed by atoms with E-state index < -0.39 is 0 Å². The van der Waals surface area contributed by atoms with Crippen LogP contribution < -0.4 is 10.1 Å². The fourth-order valence-electron chi connectivity index (χ4n) is 3.31. The average molecular weight is 352 g/mol. The number of nitrogens with one attached hydrogen (secondary N) is 1. The summed E-state index contributed by atoms with van der Waals surface area (Å²) in [5.74, 6) is 1.61. The lowest BCUT2D eigenvalue weighted by Crippen LogP contribution is -2.36. The van der Waals surface area contributed by atoms with Gasteiger partial charge in [-0.3, -0.25) is 4.79 Å². The van der Waals surface area contributed by atoms with Crippen molar-refractivity contribution in [3.63, 3.8) is 0 Å². The molecule has 114 valence electrons.